The Morgan fingerprint density at radius 1 is 1.00 bits per heavy atom. The van der Waals surface area contributed by atoms with E-state index in [4.69, 9.17) is 4.55 Å². The number of hydrogen-bond acceptors (Lipinski definition) is 4. The van der Waals surface area contributed by atoms with Crippen molar-refractivity contribution in [2.75, 3.05) is 0 Å². The summed E-state index contributed by atoms with van der Waals surface area (Å²) in [6.07, 6.45) is 0. The van der Waals surface area contributed by atoms with Crippen LogP contribution < -0.4 is 29.6 Å². The molecule has 0 radical (unpaired) electrons. The third-order valence-corrected chi connectivity index (χ3v) is 2.21. The van der Waals surface area contributed by atoms with E-state index in [1.54, 1.807) is 0 Å². The molecule has 1 aromatic carbocycles. The largest absolute Gasteiger partial charge is 1.00 e. The average Bonchev–Trinajstić information content (AvgIpc) is 2.07. The van der Waals surface area contributed by atoms with E-state index in [0.717, 1.165) is 0 Å². The normalized spacial score (nSPS) is 11.6. The minimum absolute atomic E-state index is 0. The van der Waals surface area contributed by atoms with Gasteiger partial charge in [-0.25, -0.2) is 0 Å². The molecular weight excluding hydrogens is 239 g/mol. The van der Waals surface area contributed by atoms with Gasteiger partial charge in [-0.15, -0.1) is 0 Å². The molecule has 0 heterocycles. The molecule has 1 rings (SSSR count). The summed E-state index contributed by atoms with van der Waals surface area (Å²) in [5.74, 6) is 0. The number of hydrogen-bond donors (Lipinski definition) is 1. The van der Waals surface area contributed by atoms with Gasteiger partial charge in [0.15, 0.2) is 0 Å². The summed E-state index contributed by atoms with van der Waals surface area (Å²) in [5.41, 5.74) is 0. The van der Waals surface area contributed by atoms with Crippen LogP contribution in [0.15, 0.2) is 36.4 Å². The first-order valence-corrected chi connectivity index (χ1v) is 6.05. The Hall–Kier alpha value is 0.240. The Bertz CT molecular complexity index is 323. The van der Waals surface area contributed by atoms with Crippen LogP contribution in [0.5, 0.6) is 0 Å². The minimum atomic E-state index is -4.82. The summed E-state index contributed by atoms with van der Waals surface area (Å²) >= 11 is 0. The van der Waals surface area contributed by atoms with E-state index in [0.29, 0.717) is 0 Å². The van der Waals surface area contributed by atoms with Crippen LogP contribution in [0.2, 0.25) is 0 Å². The molecule has 1 atom stereocenters. The molecule has 0 saturated heterocycles. The summed E-state index contributed by atoms with van der Waals surface area (Å²) in [4.78, 5) is 0. The second kappa shape index (κ2) is 8.54. The molecule has 0 fully saturated rings. The summed E-state index contributed by atoms with van der Waals surface area (Å²) in [7, 11) is -8.23. The molecule has 74 valence electrons. The Morgan fingerprint density at radius 2 is 1.14 bits per heavy atom. The molecule has 1 unspecified atom stereocenters. The van der Waals surface area contributed by atoms with Crippen molar-refractivity contribution < 1.29 is 51.3 Å². The van der Waals surface area contributed by atoms with Gasteiger partial charge >= 0.3 is 38.7 Å². The zero-order chi connectivity index (χ0) is 10.3. The standard InChI is InChI=1S/C6H6.Na.H2O5S2/c1-2-4-6-5-3-1;;1-6(2)7(3,4)5/h1-6H;;(H,1,2)(H,3,4,5)/q;+1;/p-1. The fraction of sp³-hybridized carbons (Fsp3) is 0. The number of benzene rings is 1. The zero-order valence-corrected chi connectivity index (χ0v) is 11.0. The van der Waals surface area contributed by atoms with Gasteiger partial charge in [0.05, 0.1) is 10.1 Å². The van der Waals surface area contributed by atoms with Crippen LogP contribution >= 0.6 is 0 Å². The third kappa shape index (κ3) is 10.3. The third-order valence-electron chi connectivity index (χ3n) is 0.839. The topological polar surface area (TPSA) is 94.5 Å². The molecule has 0 spiro atoms. The monoisotopic (exact) mass is 246 g/mol. The van der Waals surface area contributed by atoms with Crippen LogP contribution in [-0.4, -0.2) is 21.7 Å². The van der Waals surface area contributed by atoms with Gasteiger partial charge in [0.2, 0.25) is 0 Å². The second-order valence-electron chi connectivity index (χ2n) is 1.79. The molecule has 0 bridgehead atoms. The van der Waals surface area contributed by atoms with Gasteiger partial charge in [0.1, 0.15) is 0 Å². The molecule has 14 heavy (non-hydrogen) atoms. The molecule has 1 N–H and O–H groups in total. The van der Waals surface area contributed by atoms with Crippen molar-refractivity contribution in [2.24, 2.45) is 0 Å². The zero-order valence-electron chi connectivity index (χ0n) is 7.36. The molecular formula is C6H7NaO5S2. The van der Waals surface area contributed by atoms with Gasteiger partial charge in [-0.3, -0.25) is 8.76 Å². The minimum Gasteiger partial charge on any atom is -0.758 e. The first-order chi connectivity index (χ1) is 5.94. The van der Waals surface area contributed by atoms with Crippen molar-refractivity contribution in [3.63, 3.8) is 0 Å². The molecule has 0 amide bonds. The molecule has 5 nitrogen and oxygen atoms in total. The van der Waals surface area contributed by atoms with Crippen molar-refractivity contribution in [2.45, 2.75) is 0 Å². The van der Waals surface area contributed by atoms with Crippen LogP contribution in [0.3, 0.4) is 0 Å². The van der Waals surface area contributed by atoms with Gasteiger partial charge in [-0.1, -0.05) is 36.4 Å². The van der Waals surface area contributed by atoms with Crippen LogP contribution in [0.25, 0.3) is 0 Å². The average molecular weight is 246 g/mol. The van der Waals surface area contributed by atoms with E-state index < -0.39 is 19.3 Å². The van der Waals surface area contributed by atoms with Crippen molar-refractivity contribution in [1.29, 1.82) is 0 Å². The fourth-order valence-corrected chi connectivity index (χ4v) is 0.385. The van der Waals surface area contributed by atoms with E-state index in [1.807, 2.05) is 36.4 Å². The van der Waals surface area contributed by atoms with E-state index in [2.05, 4.69) is 0 Å². The Morgan fingerprint density at radius 3 is 1.21 bits per heavy atom. The maximum absolute atomic E-state index is 9.27. The van der Waals surface area contributed by atoms with Gasteiger partial charge in [-0.2, -0.15) is 8.42 Å². The van der Waals surface area contributed by atoms with Crippen molar-refractivity contribution in [3.8, 4) is 0 Å². The number of rotatable bonds is 1. The van der Waals surface area contributed by atoms with Crippen LogP contribution in [0.4, 0.5) is 0 Å². The Balaban J connectivity index is 0. The first-order valence-electron chi connectivity index (χ1n) is 3.02. The molecule has 1 aromatic rings. The molecule has 0 aliphatic carbocycles. The predicted molar refractivity (Wildman–Crippen MR) is 46.9 cm³/mol. The van der Waals surface area contributed by atoms with Gasteiger partial charge in [-0.05, 0) is 0 Å². The summed E-state index contributed by atoms with van der Waals surface area (Å²) in [6, 6.07) is 12.0. The Labute approximate surface area is 106 Å². The summed E-state index contributed by atoms with van der Waals surface area (Å²) < 4.78 is 44.4. The second-order valence-corrected chi connectivity index (χ2v) is 5.13. The van der Waals surface area contributed by atoms with Crippen molar-refractivity contribution >= 4 is 19.3 Å². The first kappa shape index (κ1) is 16.7. The Kier molecular flexibility index (Phi) is 10.2. The molecule has 0 aliphatic rings. The maximum atomic E-state index is 9.27. The van der Waals surface area contributed by atoms with E-state index in [-0.39, 0.29) is 29.6 Å². The van der Waals surface area contributed by atoms with E-state index >= 15 is 0 Å². The van der Waals surface area contributed by atoms with Crippen LogP contribution in [0, 0.1) is 0 Å². The molecule has 8 heteroatoms. The molecule has 0 aliphatic heterocycles. The van der Waals surface area contributed by atoms with Gasteiger partial charge in [0, 0.05) is 0 Å². The van der Waals surface area contributed by atoms with E-state index in [9.17, 15) is 17.2 Å². The van der Waals surface area contributed by atoms with E-state index in [1.165, 1.54) is 0 Å². The molecule has 0 aromatic heterocycles. The summed E-state index contributed by atoms with van der Waals surface area (Å²) in [5, 5.41) is 0. The van der Waals surface area contributed by atoms with Crippen LogP contribution in [-0.2, 0) is 19.3 Å². The van der Waals surface area contributed by atoms with Crippen LogP contribution in [0.1, 0.15) is 0 Å². The predicted octanol–water partition coefficient (Wildman–Crippen LogP) is -2.64. The van der Waals surface area contributed by atoms with Crippen molar-refractivity contribution in [3.05, 3.63) is 36.4 Å². The maximum Gasteiger partial charge on any atom is 1.00 e. The quantitative estimate of drug-likeness (QED) is 0.253. The van der Waals surface area contributed by atoms with Gasteiger partial charge < -0.3 is 4.55 Å². The molecule has 0 saturated carbocycles. The van der Waals surface area contributed by atoms with Crippen molar-refractivity contribution in [1.82, 2.24) is 0 Å². The fourth-order valence-electron chi connectivity index (χ4n) is 0.385. The smallest absolute Gasteiger partial charge is 0.758 e. The SMILES string of the molecule is O=S([O-])S(=O)(=O)O.[Na+].c1ccccc1. The van der Waals surface area contributed by atoms with Gasteiger partial charge in [0.25, 0.3) is 0 Å². The summed E-state index contributed by atoms with van der Waals surface area (Å²) in [6.45, 7) is 0.